The first kappa shape index (κ1) is 15.5. The van der Waals surface area contributed by atoms with Crippen molar-refractivity contribution in [2.24, 2.45) is 0 Å². The maximum atomic E-state index is 13.9. The van der Waals surface area contributed by atoms with E-state index in [9.17, 15) is 26.3 Å². The van der Waals surface area contributed by atoms with Crippen LogP contribution in [-0.2, 0) is 0 Å². The molecule has 2 aromatic rings. The van der Waals surface area contributed by atoms with Gasteiger partial charge in [0, 0.05) is 5.56 Å². The summed E-state index contributed by atoms with van der Waals surface area (Å²) in [6, 6.07) is 0.656. The highest BCUT2D eigenvalue weighted by atomic mass is 19.2. The van der Waals surface area contributed by atoms with Crippen LogP contribution in [0.25, 0.3) is 11.1 Å². The van der Waals surface area contributed by atoms with Gasteiger partial charge in [-0.15, -0.1) is 0 Å². The maximum Gasteiger partial charge on any atom is 0.170 e. The van der Waals surface area contributed by atoms with Crippen molar-refractivity contribution < 1.29 is 26.3 Å². The van der Waals surface area contributed by atoms with Crippen molar-refractivity contribution in [1.82, 2.24) is 0 Å². The van der Waals surface area contributed by atoms with Crippen molar-refractivity contribution in [3.8, 4) is 11.1 Å². The fourth-order valence-electron chi connectivity index (χ4n) is 2.09. The minimum Gasteiger partial charge on any atom is -0.208 e. The Morgan fingerprint density at radius 3 is 1.67 bits per heavy atom. The number of halogens is 6. The molecule has 0 atom stereocenters. The van der Waals surface area contributed by atoms with Gasteiger partial charge in [0.1, 0.15) is 19.5 Å². The maximum absolute atomic E-state index is 13.9. The molecule has 0 bridgehead atoms. The van der Waals surface area contributed by atoms with E-state index in [1.165, 1.54) is 0 Å². The van der Waals surface area contributed by atoms with Crippen molar-refractivity contribution in [1.29, 1.82) is 0 Å². The second-order valence-corrected chi connectivity index (χ2v) is 4.73. The highest BCUT2D eigenvalue weighted by molar-refractivity contribution is 6.32. The summed E-state index contributed by atoms with van der Waals surface area (Å²) in [4.78, 5) is 0. The van der Waals surface area contributed by atoms with E-state index in [4.69, 9.17) is 0 Å². The first-order valence-electron chi connectivity index (χ1n) is 5.96. The third-order valence-electron chi connectivity index (χ3n) is 3.44. The normalized spacial score (nSPS) is 11.0. The SMILES string of the molecule is Bc1c(F)cc(-c2c(F)c(F)c(C)c(F)c2F)c(C)c1F. The second-order valence-electron chi connectivity index (χ2n) is 4.73. The molecule has 0 aliphatic carbocycles. The average molecular weight is 302 g/mol. The predicted octanol–water partition coefficient (Wildman–Crippen LogP) is 3.06. The van der Waals surface area contributed by atoms with Crippen LogP contribution in [0.3, 0.4) is 0 Å². The Morgan fingerprint density at radius 2 is 1.19 bits per heavy atom. The fraction of sp³-hybridized carbons (Fsp3) is 0.143. The van der Waals surface area contributed by atoms with Crippen LogP contribution < -0.4 is 5.46 Å². The van der Waals surface area contributed by atoms with E-state index in [0.29, 0.717) is 6.07 Å². The quantitative estimate of drug-likeness (QED) is 0.431. The van der Waals surface area contributed by atoms with Crippen molar-refractivity contribution in [3.63, 3.8) is 0 Å². The zero-order valence-corrected chi connectivity index (χ0v) is 11.3. The molecular formula is C14H9BF6. The molecule has 0 saturated carbocycles. The Kier molecular flexibility index (Phi) is 3.78. The van der Waals surface area contributed by atoms with E-state index in [1.54, 1.807) is 0 Å². The molecule has 0 spiro atoms. The van der Waals surface area contributed by atoms with E-state index in [2.05, 4.69) is 0 Å². The standard InChI is InChI=1S/C14H9BF6/c1-4-6(3-7(16)9(15)10(4)17)8-13(20)11(18)5(2)12(19)14(8)21/h3H,15H2,1-2H3. The van der Waals surface area contributed by atoms with Gasteiger partial charge in [-0.25, -0.2) is 26.3 Å². The third-order valence-corrected chi connectivity index (χ3v) is 3.44. The molecule has 21 heavy (non-hydrogen) atoms. The molecule has 0 N–H and O–H groups in total. The summed E-state index contributed by atoms with van der Waals surface area (Å²) < 4.78 is 82.3. The summed E-state index contributed by atoms with van der Waals surface area (Å²) in [6.07, 6.45) is 0. The van der Waals surface area contributed by atoms with Crippen LogP contribution in [0.4, 0.5) is 26.3 Å². The summed E-state index contributed by atoms with van der Waals surface area (Å²) in [7, 11) is 1.14. The Morgan fingerprint density at radius 1 is 0.714 bits per heavy atom. The molecule has 0 unspecified atom stereocenters. The Hall–Kier alpha value is -1.92. The van der Waals surface area contributed by atoms with Gasteiger partial charge in [0.2, 0.25) is 0 Å². The molecule has 0 amide bonds. The molecule has 0 heterocycles. The van der Waals surface area contributed by atoms with Crippen LogP contribution in [0, 0.1) is 48.8 Å². The first-order chi connectivity index (χ1) is 9.68. The lowest BCUT2D eigenvalue weighted by atomic mass is 9.88. The van der Waals surface area contributed by atoms with E-state index in [-0.39, 0.29) is 11.0 Å². The molecule has 0 radical (unpaired) electrons. The molecule has 110 valence electrons. The van der Waals surface area contributed by atoms with Crippen molar-refractivity contribution in [2.45, 2.75) is 13.8 Å². The van der Waals surface area contributed by atoms with Gasteiger partial charge in [-0.2, -0.15) is 0 Å². The molecule has 2 rings (SSSR count). The van der Waals surface area contributed by atoms with Crippen LogP contribution in [0.15, 0.2) is 6.07 Å². The van der Waals surface area contributed by atoms with E-state index < -0.39 is 51.6 Å². The highest BCUT2D eigenvalue weighted by Gasteiger charge is 2.26. The first-order valence-corrected chi connectivity index (χ1v) is 5.96. The van der Waals surface area contributed by atoms with Crippen molar-refractivity contribution in [3.05, 3.63) is 52.1 Å². The van der Waals surface area contributed by atoms with Crippen LogP contribution >= 0.6 is 0 Å². The number of benzene rings is 2. The van der Waals surface area contributed by atoms with E-state index >= 15 is 0 Å². The van der Waals surface area contributed by atoms with Gasteiger partial charge in [0.25, 0.3) is 0 Å². The lowest BCUT2D eigenvalue weighted by Crippen LogP contribution is -2.17. The Bertz CT molecular complexity index is 725. The van der Waals surface area contributed by atoms with Crippen molar-refractivity contribution in [2.75, 3.05) is 0 Å². The minimum atomic E-state index is -1.68. The molecule has 0 nitrogen and oxygen atoms in total. The van der Waals surface area contributed by atoms with Gasteiger partial charge < -0.3 is 0 Å². The Labute approximate surface area is 117 Å². The van der Waals surface area contributed by atoms with Gasteiger partial charge in [-0.1, -0.05) is 0 Å². The van der Waals surface area contributed by atoms with Crippen molar-refractivity contribution >= 4 is 13.3 Å². The lowest BCUT2D eigenvalue weighted by Gasteiger charge is -2.14. The highest BCUT2D eigenvalue weighted by Crippen LogP contribution is 2.34. The Balaban J connectivity index is 2.93. The van der Waals surface area contributed by atoms with Gasteiger partial charge in [0.15, 0.2) is 23.3 Å². The summed E-state index contributed by atoms with van der Waals surface area (Å²) in [5.41, 5.74) is -3.16. The smallest absolute Gasteiger partial charge is 0.170 e. The molecule has 0 aliphatic heterocycles. The number of hydrogen-bond acceptors (Lipinski definition) is 0. The van der Waals surface area contributed by atoms with Crippen LogP contribution in [-0.4, -0.2) is 7.85 Å². The van der Waals surface area contributed by atoms with Gasteiger partial charge in [-0.05, 0) is 36.5 Å². The molecule has 0 fully saturated rings. The minimum absolute atomic E-state index is 0.297. The van der Waals surface area contributed by atoms with Gasteiger partial charge >= 0.3 is 0 Å². The van der Waals surface area contributed by atoms with E-state index in [0.717, 1.165) is 21.7 Å². The molecular weight excluding hydrogens is 293 g/mol. The van der Waals surface area contributed by atoms with E-state index in [1.807, 2.05) is 0 Å². The molecule has 0 saturated heterocycles. The zero-order valence-electron chi connectivity index (χ0n) is 11.3. The predicted molar refractivity (Wildman–Crippen MR) is 69.3 cm³/mol. The summed E-state index contributed by atoms with van der Waals surface area (Å²) in [5.74, 6) is -8.64. The fourth-order valence-corrected chi connectivity index (χ4v) is 2.09. The van der Waals surface area contributed by atoms with Crippen LogP contribution in [0.5, 0.6) is 0 Å². The van der Waals surface area contributed by atoms with Crippen LogP contribution in [0.1, 0.15) is 11.1 Å². The molecule has 2 aromatic carbocycles. The number of rotatable bonds is 1. The lowest BCUT2D eigenvalue weighted by molar-refractivity contribution is 0.449. The second kappa shape index (κ2) is 5.13. The largest absolute Gasteiger partial charge is 0.208 e. The monoisotopic (exact) mass is 302 g/mol. The topological polar surface area (TPSA) is 0 Å². The molecule has 0 aliphatic rings. The average Bonchev–Trinajstić information content (AvgIpc) is 2.46. The van der Waals surface area contributed by atoms with Gasteiger partial charge in [-0.3, -0.25) is 0 Å². The molecule has 0 aromatic heterocycles. The number of hydrogen-bond donors (Lipinski definition) is 0. The summed E-state index contributed by atoms with van der Waals surface area (Å²) in [5, 5.41) is 0. The van der Waals surface area contributed by atoms with Crippen LogP contribution in [0.2, 0.25) is 0 Å². The summed E-state index contributed by atoms with van der Waals surface area (Å²) in [6.45, 7) is 2.01. The third kappa shape index (κ3) is 2.20. The zero-order chi connectivity index (χ0) is 16.1. The summed E-state index contributed by atoms with van der Waals surface area (Å²) >= 11 is 0. The molecule has 7 heteroatoms. The van der Waals surface area contributed by atoms with Gasteiger partial charge in [0.05, 0.1) is 5.56 Å².